The number of nitrogens with zero attached hydrogens (tertiary/aromatic N) is 2. The number of benzene rings is 1. The minimum absolute atomic E-state index is 0.184. The smallest absolute Gasteiger partial charge is 0.338 e. The second-order valence-electron chi connectivity index (χ2n) is 5.28. The molecule has 2 rings (SSSR count). The first-order valence-corrected chi connectivity index (χ1v) is 7.44. The van der Waals surface area contributed by atoms with Crippen LogP contribution in [0.3, 0.4) is 0 Å². The summed E-state index contributed by atoms with van der Waals surface area (Å²) in [6.07, 6.45) is 0. The summed E-state index contributed by atoms with van der Waals surface area (Å²) < 4.78 is 0. The Labute approximate surface area is 130 Å². The zero-order chi connectivity index (χ0) is 16.3. The predicted molar refractivity (Wildman–Crippen MR) is 87.0 cm³/mol. The molecule has 2 aromatic rings. The fourth-order valence-electron chi connectivity index (χ4n) is 2.40. The molecular weight excluding hydrogens is 278 g/mol. The van der Waals surface area contributed by atoms with Crippen LogP contribution >= 0.6 is 0 Å². The van der Waals surface area contributed by atoms with Crippen molar-refractivity contribution < 1.29 is 4.79 Å². The van der Waals surface area contributed by atoms with Crippen LogP contribution in [0.25, 0.3) is 11.3 Å². The van der Waals surface area contributed by atoms with Crippen molar-refractivity contribution in [1.82, 2.24) is 14.9 Å². The summed E-state index contributed by atoms with van der Waals surface area (Å²) in [4.78, 5) is 32.5. The second-order valence-corrected chi connectivity index (χ2v) is 5.28. The van der Waals surface area contributed by atoms with E-state index in [1.54, 1.807) is 11.0 Å². The molecule has 1 N–H and O–H groups in total. The number of carbonyl (C=O) groups is 1. The minimum atomic E-state index is -0.506. The van der Waals surface area contributed by atoms with Gasteiger partial charge in [0.2, 0.25) is 0 Å². The topological polar surface area (TPSA) is 66.1 Å². The molecule has 0 spiro atoms. The lowest BCUT2D eigenvalue weighted by atomic mass is 10.0. The molecule has 0 saturated heterocycles. The molecule has 0 fully saturated rings. The number of nitrogens with one attached hydrogen (secondary N) is 1. The van der Waals surface area contributed by atoms with E-state index in [0.29, 0.717) is 18.8 Å². The van der Waals surface area contributed by atoms with Crippen molar-refractivity contribution in [3.63, 3.8) is 0 Å². The first-order chi connectivity index (χ1) is 10.5. The number of carbonyl (C=O) groups excluding carboxylic acids is 1. The maximum atomic E-state index is 12.4. The third kappa shape index (κ3) is 3.24. The summed E-state index contributed by atoms with van der Waals surface area (Å²) in [5.74, 6) is -0.184. The third-order valence-corrected chi connectivity index (χ3v) is 3.69. The van der Waals surface area contributed by atoms with E-state index >= 15 is 0 Å². The van der Waals surface area contributed by atoms with Crippen molar-refractivity contribution in [2.24, 2.45) is 0 Å². The van der Waals surface area contributed by atoms with Gasteiger partial charge in [-0.05, 0) is 45.4 Å². The van der Waals surface area contributed by atoms with Gasteiger partial charge in [0.05, 0.1) is 5.69 Å². The van der Waals surface area contributed by atoms with E-state index in [0.717, 1.165) is 16.7 Å². The van der Waals surface area contributed by atoms with Crippen LogP contribution in [0, 0.1) is 13.8 Å². The van der Waals surface area contributed by atoms with E-state index in [9.17, 15) is 9.59 Å². The highest BCUT2D eigenvalue weighted by atomic mass is 16.2. The van der Waals surface area contributed by atoms with Crippen molar-refractivity contribution >= 4 is 5.91 Å². The van der Waals surface area contributed by atoms with Gasteiger partial charge in [-0.25, -0.2) is 4.79 Å². The van der Waals surface area contributed by atoms with Gasteiger partial charge in [0.15, 0.2) is 0 Å². The summed E-state index contributed by atoms with van der Waals surface area (Å²) in [7, 11) is 0. The van der Waals surface area contributed by atoms with Crippen LogP contribution < -0.4 is 5.69 Å². The van der Waals surface area contributed by atoms with Crippen LogP contribution in [0.5, 0.6) is 0 Å². The number of aryl methyl sites for hydroxylation is 2. The van der Waals surface area contributed by atoms with Crippen molar-refractivity contribution in [2.75, 3.05) is 13.1 Å². The van der Waals surface area contributed by atoms with E-state index in [-0.39, 0.29) is 11.6 Å². The second kappa shape index (κ2) is 6.56. The monoisotopic (exact) mass is 299 g/mol. The highest BCUT2D eigenvalue weighted by molar-refractivity contribution is 5.93. The van der Waals surface area contributed by atoms with Gasteiger partial charge in [0.1, 0.15) is 5.69 Å². The van der Waals surface area contributed by atoms with Crippen LogP contribution in [0.4, 0.5) is 0 Å². The quantitative estimate of drug-likeness (QED) is 0.943. The highest BCUT2D eigenvalue weighted by Gasteiger charge is 2.16. The zero-order valence-corrected chi connectivity index (χ0v) is 13.4. The Hall–Kier alpha value is -2.43. The standard InChI is InChI=1S/C17H21N3O2/c1-5-20(6-2)16(21)15-10-14(18-17(22)19-15)13-9-11(3)7-8-12(13)4/h7-10H,5-6H2,1-4H3,(H,18,19,22). The summed E-state index contributed by atoms with van der Waals surface area (Å²) in [6.45, 7) is 8.96. The Morgan fingerprint density at radius 3 is 2.50 bits per heavy atom. The van der Waals surface area contributed by atoms with Crippen LogP contribution in [-0.4, -0.2) is 33.9 Å². The third-order valence-electron chi connectivity index (χ3n) is 3.69. The van der Waals surface area contributed by atoms with Gasteiger partial charge in [-0.3, -0.25) is 4.79 Å². The number of aromatic amines is 1. The van der Waals surface area contributed by atoms with Gasteiger partial charge in [-0.15, -0.1) is 0 Å². The van der Waals surface area contributed by atoms with Crippen molar-refractivity contribution in [2.45, 2.75) is 27.7 Å². The molecule has 1 aromatic heterocycles. The van der Waals surface area contributed by atoms with E-state index in [4.69, 9.17) is 0 Å². The van der Waals surface area contributed by atoms with Crippen LogP contribution in [0.1, 0.15) is 35.5 Å². The Morgan fingerprint density at radius 1 is 1.18 bits per heavy atom. The number of rotatable bonds is 4. The maximum Gasteiger partial charge on any atom is 0.346 e. The van der Waals surface area contributed by atoms with E-state index in [2.05, 4.69) is 9.97 Å². The molecule has 116 valence electrons. The molecule has 0 bridgehead atoms. The Morgan fingerprint density at radius 2 is 1.86 bits per heavy atom. The number of H-pyrrole nitrogens is 1. The maximum absolute atomic E-state index is 12.4. The van der Waals surface area contributed by atoms with Crippen LogP contribution in [-0.2, 0) is 0 Å². The summed E-state index contributed by atoms with van der Waals surface area (Å²) in [5, 5.41) is 0. The van der Waals surface area contributed by atoms with Crippen molar-refractivity contribution in [3.05, 3.63) is 51.6 Å². The summed E-state index contributed by atoms with van der Waals surface area (Å²) >= 11 is 0. The highest BCUT2D eigenvalue weighted by Crippen LogP contribution is 2.22. The zero-order valence-electron chi connectivity index (χ0n) is 13.4. The van der Waals surface area contributed by atoms with Gasteiger partial charge in [0, 0.05) is 18.7 Å². The molecule has 0 aliphatic rings. The van der Waals surface area contributed by atoms with Gasteiger partial charge < -0.3 is 9.88 Å². The number of hydrogen-bond donors (Lipinski definition) is 1. The first kappa shape index (κ1) is 15.9. The number of hydrogen-bond acceptors (Lipinski definition) is 3. The van der Waals surface area contributed by atoms with Gasteiger partial charge in [0.25, 0.3) is 5.91 Å². The Bertz CT molecular complexity index is 746. The van der Waals surface area contributed by atoms with Gasteiger partial charge >= 0.3 is 5.69 Å². The van der Waals surface area contributed by atoms with E-state index in [1.165, 1.54) is 0 Å². The summed E-state index contributed by atoms with van der Waals surface area (Å²) in [6, 6.07) is 7.62. The normalized spacial score (nSPS) is 10.5. The lowest BCUT2D eigenvalue weighted by molar-refractivity contribution is 0.0766. The average Bonchev–Trinajstić information content (AvgIpc) is 2.50. The predicted octanol–water partition coefficient (Wildman–Crippen LogP) is 2.54. The molecule has 5 heteroatoms. The first-order valence-electron chi connectivity index (χ1n) is 7.44. The van der Waals surface area contributed by atoms with Crippen molar-refractivity contribution in [3.8, 4) is 11.3 Å². The molecule has 0 atom stereocenters. The number of amides is 1. The molecule has 0 unspecified atom stereocenters. The van der Waals surface area contributed by atoms with E-state index in [1.807, 2.05) is 45.9 Å². The Kier molecular flexibility index (Phi) is 4.75. The molecule has 1 aromatic carbocycles. The lowest BCUT2D eigenvalue weighted by Crippen LogP contribution is -2.32. The SMILES string of the molecule is CCN(CC)C(=O)c1cc(-c2cc(C)ccc2C)nc(=O)[nH]1. The lowest BCUT2D eigenvalue weighted by Gasteiger charge is -2.18. The molecule has 22 heavy (non-hydrogen) atoms. The van der Waals surface area contributed by atoms with Crippen LogP contribution in [0.2, 0.25) is 0 Å². The fraction of sp³-hybridized carbons (Fsp3) is 0.353. The molecule has 5 nitrogen and oxygen atoms in total. The molecule has 1 amide bonds. The molecule has 0 saturated carbocycles. The largest absolute Gasteiger partial charge is 0.346 e. The van der Waals surface area contributed by atoms with Gasteiger partial charge in [-0.1, -0.05) is 17.7 Å². The molecule has 0 aliphatic heterocycles. The molecule has 0 radical (unpaired) electrons. The average molecular weight is 299 g/mol. The van der Waals surface area contributed by atoms with Crippen molar-refractivity contribution in [1.29, 1.82) is 0 Å². The molecular formula is C17H21N3O2. The minimum Gasteiger partial charge on any atom is -0.338 e. The summed E-state index contributed by atoms with van der Waals surface area (Å²) in [5.41, 5.74) is 3.28. The Balaban J connectivity index is 2.54. The molecule has 1 heterocycles. The number of aromatic nitrogens is 2. The van der Waals surface area contributed by atoms with Gasteiger partial charge in [-0.2, -0.15) is 4.98 Å². The van der Waals surface area contributed by atoms with Crippen LogP contribution in [0.15, 0.2) is 29.1 Å². The fourth-order valence-corrected chi connectivity index (χ4v) is 2.40. The molecule has 0 aliphatic carbocycles. The van der Waals surface area contributed by atoms with E-state index < -0.39 is 5.69 Å².